The highest BCUT2D eigenvalue weighted by Gasteiger charge is 2.30. The van der Waals surface area contributed by atoms with Gasteiger partial charge in [0.25, 0.3) is 0 Å². The van der Waals surface area contributed by atoms with E-state index in [0.717, 1.165) is 38.5 Å². The van der Waals surface area contributed by atoms with Gasteiger partial charge < -0.3 is 19.8 Å². The minimum absolute atomic E-state index is 0.0639. The van der Waals surface area contributed by atoms with E-state index in [1.54, 1.807) is 0 Å². The minimum Gasteiger partial charge on any atom is -0.550 e. The van der Waals surface area contributed by atoms with Crippen molar-refractivity contribution < 1.29 is 19.8 Å². The first-order valence-electron chi connectivity index (χ1n) is 15.9. The molecule has 0 saturated heterocycles. The number of hydrogen-bond donors (Lipinski definition) is 0. The third-order valence-electron chi connectivity index (χ3n) is 7.99. The monoisotopic (exact) mass is 508 g/mol. The van der Waals surface area contributed by atoms with E-state index in [-0.39, 0.29) is 6.42 Å². The summed E-state index contributed by atoms with van der Waals surface area (Å²) in [5.74, 6) is -2.06. The maximum atomic E-state index is 12.2. The van der Waals surface area contributed by atoms with E-state index in [9.17, 15) is 19.8 Å². The number of carbonyl (C=O) groups excluding carboxylic acids is 2. The fraction of sp³-hybridized carbons (Fsp3) is 0.938. The molecule has 214 valence electrons. The normalized spacial score (nSPS) is 11.7. The van der Waals surface area contributed by atoms with E-state index in [4.69, 9.17) is 0 Å². The molecule has 36 heavy (non-hydrogen) atoms. The fourth-order valence-corrected chi connectivity index (χ4v) is 5.51. The molecular formula is C32H60O4-2. The summed E-state index contributed by atoms with van der Waals surface area (Å²) < 4.78 is 0. The van der Waals surface area contributed by atoms with Gasteiger partial charge in [-0.1, -0.05) is 155 Å². The summed E-state index contributed by atoms with van der Waals surface area (Å²) in [5.41, 5.74) is -0.867. The van der Waals surface area contributed by atoms with Crippen LogP contribution in [0, 0.1) is 5.41 Å². The second kappa shape index (κ2) is 25.6. The molecule has 4 heteroatoms. The first-order chi connectivity index (χ1) is 17.5. The van der Waals surface area contributed by atoms with Crippen molar-refractivity contribution in [3.05, 3.63) is 0 Å². The third kappa shape index (κ3) is 21.1. The van der Waals surface area contributed by atoms with E-state index < -0.39 is 17.4 Å². The highest BCUT2D eigenvalue weighted by Crippen LogP contribution is 2.37. The van der Waals surface area contributed by atoms with E-state index in [1.807, 2.05) is 0 Å². The van der Waals surface area contributed by atoms with Crippen LogP contribution < -0.4 is 10.2 Å². The van der Waals surface area contributed by atoms with Crippen molar-refractivity contribution in [1.29, 1.82) is 0 Å². The van der Waals surface area contributed by atoms with Crippen molar-refractivity contribution in [3.8, 4) is 0 Å². The zero-order valence-corrected chi connectivity index (χ0v) is 24.2. The molecule has 0 amide bonds. The number of unbranched alkanes of at least 4 members (excludes halogenated alkanes) is 20. The second-order valence-electron chi connectivity index (χ2n) is 11.4. The molecule has 0 aliphatic heterocycles. The molecule has 0 fully saturated rings. The SMILES string of the molecule is CCCCCCCCCCCCCC(CCCCCCCCCCCCC)(CCCC(=O)[O-])C(=O)[O-]. The summed E-state index contributed by atoms with van der Waals surface area (Å²) in [6.07, 6.45) is 29.2. The summed E-state index contributed by atoms with van der Waals surface area (Å²) in [7, 11) is 0. The summed E-state index contributed by atoms with van der Waals surface area (Å²) >= 11 is 0. The first kappa shape index (κ1) is 34.9. The molecule has 0 aromatic heterocycles. The number of carboxylic acids is 2. The minimum atomic E-state index is -1.09. The van der Waals surface area contributed by atoms with Crippen LogP contribution in [0.25, 0.3) is 0 Å². The molecule has 0 heterocycles. The van der Waals surface area contributed by atoms with Gasteiger partial charge in [0.05, 0.1) is 0 Å². The predicted molar refractivity (Wildman–Crippen MR) is 148 cm³/mol. The topological polar surface area (TPSA) is 80.3 Å². The maximum absolute atomic E-state index is 12.2. The predicted octanol–water partition coefficient (Wildman–Crippen LogP) is 8.05. The lowest BCUT2D eigenvalue weighted by Crippen LogP contribution is -2.42. The molecule has 0 aromatic carbocycles. The van der Waals surface area contributed by atoms with Gasteiger partial charge in [-0.05, 0) is 32.1 Å². The van der Waals surface area contributed by atoms with Gasteiger partial charge in [-0.3, -0.25) is 0 Å². The molecule has 0 aromatic rings. The van der Waals surface area contributed by atoms with Gasteiger partial charge in [-0.25, -0.2) is 0 Å². The highest BCUT2D eigenvalue weighted by molar-refractivity contribution is 5.72. The van der Waals surface area contributed by atoms with E-state index in [1.165, 1.54) is 103 Å². The van der Waals surface area contributed by atoms with Gasteiger partial charge in [-0.2, -0.15) is 0 Å². The molecule has 4 nitrogen and oxygen atoms in total. The van der Waals surface area contributed by atoms with Gasteiger partial charge >= 0.3 is 0 Å². The molecule has 0 spiro atoms. The smallest absolute Gasteiger partial charge is 0.0476 e. The van der Waals surface area contributed by atoms with Crippen molar-refractivity contribution in [3.63, 3.8) is 0 Å². The van der Waals surface area contributed by atoms with Crippen molar-refractivity contribution in [2.75, 3.05) is 0 Å². The first-order valence-corrected chi connectivity index (χ1v) is 15.9. The van der Waals surface area contributed by atoms with Crippen molar-refractivity contribution in [1.82, 2.24) is 0 Å². The lowest BCUT2D eigenvalue weighted by Gasteiger charge is -2.35. The zero-order chi connectivity index (χ0) is 26.7. The van der Waals surface area contributed by atoms with Crippen LogP contribution in [0.1, 0.15) is 187 Å². The number of rotatable bonds is 29. The lowest BCUT2D eigenvalue weighted by molar-refractivity contribution is -0.321. The Hall–Kier alpha value is -1.06. The lowest BCUT2D eigenvalue weighted by atomic mass is 9.74. The average Bonchev–Trinajstić information content (AvgIpc) is 2.85. The van der Waals surface area contributed by atoms with Crippen LogP contribution in [0.5, 0.6) is 0 Å². The highest BCUT2D eigenvalue weighted by atomic mass is 16.4. The summed E-state index contributed by atoms with van der Waals surface area (Å²) in [6, 6.07) is 0. The Morgan fingerprint density at radius 1 is 0.444 bits per heavy atom. The third-order valence-corrected chi connectivity index (χ3v) is 7.99. The summed E-state index contributed by atoms with van der Waals surface area (Å²) in [6.45, 7) is 4.49. The number of carboxylic acid groups (broad SMARTS) is 2. The van der Waals surface area contributed by atoms with E-state index in [2.05, 4.69) is 13.8 Å². The van der Waals surface area contributed by atoms with Gasteiger partial charge in [0, 0.05) is 17.4 Å². The van der Waals surface area contributed by atoms with Crippen molar-refractivity contribution in [2.45, 2.75) is 187 Å². The van der Waals surface area contributed by atoms with Gasteiger partial charge in [0.2, 0.25) is 0 Å². The number of carbonyl (C=O) groups is 2. The average molecular weight is 509 g/mol. The Morgan fingerprint density at radius 3 is 1.00 bits per heavy atom. The van der Waals surface area contributed by atoms with Crippen LogP contribution in [0.15, 0.2) is 0 Å². The number of hydrogen-bond acceptors (Lipinski definition) is 4. The molecule has 0 atom stereocenters. The Bertz CT molecular complexity index is 476. The Balaban J connectivity index is 4.24. The quantitative estimate of drug-likeness (QED) is 0.0957. The van der Waals surface area contributed by atoms with Crippen LogP contribution in [0.4, 0.5) is 0 Å². The second-order valence-corrected chi connectivity index (χ2v) is 11.4. The Morgan fingerprint density at radius 2 is 0.722 bits per heavy atom. The van der Waals surface area contributed by atoms with E-state index >= 15 is 0 Å². The van der Waals surface area contributed by atoms with E-state index in [0.29, 0.717) is 25.7 Å². The molecule has 0 saturated carbocycles. The summed E-state index contributed by atoms with van der Waals surface area (Å²) in [4.78, 5) is 23.1. The molecule has 0 radical (unpaired) electrons. The maximum Gasteiger partial charge on any atom is 0.0476 e. The van der Waals surface area contributed by atoms with Gasteiger partial charge in [-0.15, -0.1) is 0 Å². The Kier molecular flexibility index (Phi) is 24.8. The molecule has 0 aliphatic rings. The van der Waals surface area contributed by atoms with Crippen LogP contribution in [-0.4, -0.2) is 11.9 Å². The molecular weight excluding hydrogens is 448 g/mol. The zero-order valence-electron chi connectivity index (χ0n) is 24.2. The molecule has 0 aliphatic carbocycles. The standard InChI is InChI=1S/C32H62O4/c1-3-5-7-9-11-13-15-17-19-21-23-27-32(31(35)36,29-25-26-30(33)34)28-24-22-20-18-16-14-12-10-8-6-4-2/h3-29H2,1-2H3,(H,33,34)(H,35,36)/p-2. The summed E-state index contributed by atoms with van der Waals surface area (Å²) in [5, 5.41) is 23.1. The molecule has 0 unspecified atom stereocenters. The van der Waals surface area contributed by atoms with Crippen molar-refractivity contribution >= 4 is 11.9 Å². The van der Waals surface area contributed by atoms with Crippen LogP contribution in [-0.2, 0) is 9.59 Å². The van der Waals surface area contributed by atoms with Crippen LogP contribution >= 0.6 is 0 Å². The molecule has 0 bridgehead atoms. The van der Waals surface area contributed by atoms with Crippen LogP contribution in [0.3, 0.4) is 0 Å². The molecule has 0 rings (SSSR count). The molecule has 0 N–H and O–H groups in total. The number of aliphatic carboxylic acids is 2. The largest absolute Gasteiger partial charge is 0.550 e. The van der Waals surface area contributed by atoms with Gasteiger partial charge in [0.1, 0.15) is 0 Å². The van der Waals surface area contributed by atoms with Crippen LogP contribution in [0.2, 0.25) is 0 Å². The van der Waals surface area contributed by atoms with Gasteiger partial charge in [0.15, 0.2) is 0 Å². The van der Waals surface area contributed by atoms with Crippen molar-refractivity contribution in [2.24, 2.45) is 5.41 Å². The fourth-order valence-electron chi connectivity index (χ4n) is 5.51. The Labute approximate surface area is 224 Å².